The van der Waals surface area contributed by atoms with E-state index in [9.17, 15) is 0 Å². The van der Waals surface area contributed by atoms with Crippen LogP contribution in [0.5, 0.6) is 5.75 Å². The largest absolute Gasteiger partial charge is 0.494 e. The van der Waals surface area contributed by atoms with Crippen molar-refractivity contribution >= 4 is 22.1 Å². The standard InChI is InChI=1S/C18H19NOS/c1-2-20-17-10-9-13-6-3-4-7-14(13)15(17)12-16(19)18-8-5-11-21-18/h3-11,16H,2,12,19H2,1H3. The van der Waals surface area contributed by atoms with Gasteiger partial charge in [0.25, 0.3) is 0 Å². The van der Waals surface area contributed by atoms with Gasteiger partial charge in [0.15, 0.2) is 0 Å². The van der Waals surface area contributed by atoms with E-state index in [0.717, 1.165) is 12.2 Å². The molecule has 0 aliphatic rings. The maximum atomic E-state index is 6.38. The molecule has 0 aliphatic heterocycles. The Morgan fingerprint density at radius 1 is 1.10 bits per heavy atom. The zero-order chi connectivity index (χ0) is 14.7. The highest BCUT2D eigenvalue weighted by atomic mass is 32.1. The molecule has 1 aromatic heterocycles. The van der Waals surface area contributed by atoms with Gasteiger partial charge in [0.05, 0.1) is 6.61 Å². The summed E-state index contributed by atoms with van der Waals surface area (Å²) < 4.78 is 5.81. The number of thiophene rings is 1. The topological polar surface area (TPSA) is 35.2 Å². The lowest BCUT2D eigenvalue weighted by Gasteiger charge is -2.16. The van der Waals surface area contributed by atoms with Crippen molar-refractivity contribution in [3.8, 4) is 5.75 Å². The summed E-state index contributed by atoms with van der Waals surface area (Å²) in [6.45, 7) is 2.68. The number of fused-ring (bicyclic) bond motifs is 1. The lowest BCUT2D eigenvalue weighted by atomic mass is 9.97. The predicted octanol–water partition coefficient (Wildman–Crippen LogP) is 4.54. The first-order valence-corrected chi connectivity index (χ1v) is 8.10. The van der Waals surface area contributed by atoms with Gasteiger partial charge >= 0.3 is 0 Å². The molecule has 1 unspecified atom stereocenters. The summed E-state index contributed by atoms with van der Waals surface area (Å²) in [6, 6.07) is 16.7. The van der Waals surface area contributed by atoms with Crippen molar-refractivity contribution in [2.24, 2.45) is 5.73 Å². The summed E-state index contributed by atoms with van der Waals surface area (Å²) in [5.74, 6) is 0.947. The molecular formula is C18H19NOS. The minimum atomic E-state index is 0.00927. The maximum absolute atomic E-state index is 6.38. The minimum absolute atomic E-state index is 0.00927. The van der Waals surface area contributed by atoms with Gasteiger partial charge in [-0.25, -0.2) is 0 Å². The molecule has 0 amide bonds. The Bertz CT molecular complexity index is 721. The zero-order valence-electron chi connectivity index (χ0n) is 12.1. The summed E-state index contributed by atoms with van der Waals surface area (Å²) in [5.41, 5.74) is 7.59. The number of ether oxygens (including phenoxy) is 1. The van der Waals surface area contributed by atoms with Gasteiger partial charge in [0.1, 0.15) is 5.75 Å². The second kappa shape index (κ2) is 6.29. The van der Waals surface area contributed by atoms with Gasteiger partial charge in [-0.1, -0.05) is 36.4 Å². The normalized spacial score (nSPS) is 12.5. The summed E-state index contributed by atoms with van der Waals surface area (Å²) in [4.78, 5) is 1.21. The van der Waals surface area contributed by atoms with Crippen molar-refractivity contribution in [3.63, 3.8) is 0 Å². The summed E-state index contributed by atoms with van der Waals surface area (Å²) in [5, 5.41) is 4.53. The molecule has 2 nitrogen and oxygen atoms in total. The van der Waals surface area contributed by atoms with Crippen molar-refractivity contribution in [1.29, 1.82) is 0 Å². The lowest BCUT2D eigenvalue weighted by molar-refractivity contribution is 0.336. The predicted molar refractivity (Wildman–Crippen MR) is 90.1 cm³/mol. The van der Waals surface area contributed by atoms with Gasteiger partial charge in [0, 0.05) is 16.5 Å². The Balaban J connectivity index is 2.03. The first-order chi connectivity index (χ1) is 10.3. The molecule has 1 atom stereocenters. The quantitative estimate of drug-likeness (QED) is 0.750. The van der Waals surface area contributed by atoms with Crippen molar-refractivity contribution in [1.82, 2.24) is 0 Å². The van der Waals surface area contributed by atoms with E-state index >= 15 is 0 Å². The molecule has 0 saturated heterocycles. The van der Waals surface area contributed by atoms with E-state index in [1.54, 1.807) is 11.3 Å². The summed E-state index contributed by atoms with van der Waals surface area (Å²) in [6.07, 6.45) is 0.789. The van der Waals surface area contributed by atoms with E-state index in [-0.39, 0.29) is 6.04 Å². The molecule has 2 aromatic carbocycles. The number of hydrogen-bond acceptors (Lipinski definition) is 3. The Morgan fingerprint density at radius 2 is 1.95 bits per heavy atom. The Hall–Kier alpha value is -1.84. The van der Waals surface area contributed by atoms with Crippen molar-refractivity contribution in [3.05, 3.63) is 64.4 Å². The molecule has 108 valence electrons. The van der Waals surface area contributed by atoms with Crippen molar-refractivity contribution < 1.29 is 4.74 Å². The SMILES string of the molecule is CCOc1ccc2ccccc2c1CC(N)c1cccs1. The fourth-order valence-corrected chi connectivity index (χ4v) is 3.37. The molecular weight excluding hydrogens is 278 g/mol. The molecule has 1 heterocycles. The smallest absolute Gasteiger partial charge is 0.123 e. The zero-order valence-corrected chi connectivity index (χ0v) is 12.9. The third kappa shape index (κ3) is 2.94. The van der Waals surface area contributed by atoms with E-state index in [2.05, 4.69) is 47.8 Å². The second-order valence-corrected chi connectivity index (χ2v) is 6.00. The lowest BCUT2D eigenvalue weighted by Crippen LogP contribution is -2.13. The Labute approximate surface area is 129 Å². The van der Waals surface area contributed by atoms with Gasteiger partial charge < -0.3 is 10.5 Å². The fourth-order valence-electron chi connectivity index (χ4n) is 2.64. The van der Waals surface area contributed by atoms with Crippen LogP contribution in [0.15, 0.2) is 53.9 Å². The van der Waals surface area contributed by atoms with Crippen LogP contribution in [-0.4, -0.2) is 6.61 Å². The number of rotatable bonds is 5. The van der Waals surface area contributed by atoms with Gasteiger partial charge in [-0.05, 0) is 41.6 Å². The molecule has 3 heteroatoms. The van der Waals surface area contributed by atoms with Crippen LogP contribution < -0.4 is 10.5 Å². The molecule has 0 aliphatic carbocycles. The van der Waals surface area contributed by atoms with Gasteiger partial charge in [0.2, 0.25) is 0 Å². The van der Waals surface area contributed by atoms with Crippen LogP contribution >= 0.6 is 11.3 Å². The van der Waals surface area contributed by atoms with Gasteiger partial charge in [-0.15, -0.1) is 11.3 Å². The van der Waals surface area contributed by atoms with Crippen LogP contribution in [0.4, 0.5) is 0 Å². The number of nitrogens with two attached hydrogens (primary N) is 1. The van der Waals surface area contributed by atoms with E-state index < -0.39 is 0 Å². The molecule has 2 N–H and O–H groups in total. The first kappa shape index (κ1) is 14.1. The highest BCUT2D eigenvalue weighted by Crippen LogP contribution is 2.32. The molecule has 0 spiro atoms. The van der Waals surface area contributed by atoms with E-state index in [1.807, 2.05) is 13.0 Å². The molecule has 3 aromatic rings. The minimum Gasteiger partial charge on any atom is -0.494 e. The maximum Gasteiger partial charge on any atom is 0.123 e. The highest BCUT2D eigenvalue weighted by molar-refractivity contribution is 7.10. The average Bonchev–Trinajstić information content (AvgIpc) is 3.04. The highest BCUT2D eigenvalue weighted by Gasteiger charge is 2.14. The molecule has 21 heavy (non-hydrogen) atoms. The third-order valence-corrected chi connectivity index (χ3v) is 4.63. The van der Waals surface area contributed by atoms with Crippen LogP contribution in [0.25, 0.3) is 10.8 Å². The third-order valence-electron chi connectivity index (χ3n) is 3.63. The van der Waals surface area contributed by atoms with E-state index in [1.165, 1.54) is 21.2 Å². The molecule has 3 rings (SSSR count). The van der Waals surface area contributed by atoms with Crippen LogP contribution in [0.2, 0.25) is 0 Å². The van der Waals surface area contributed by atoms with E-state index in [0.29, 0.717) is 6.61 Å². The van der Waals surface area contributed by atoms with Crippen molar-refractivity contribution in [2.75, 3.05) is 6.61 Å². The van der Waals surface area contributed by atoms with Crippen LogP contribution in [0.3, 0.4) is 0 Å². The fraction of sp³-hybridized carbons (Fsp3) is 0.222. The van der Waals surface area contributed by atoms with Crippen LogP contribution in [-0.2, 0) is 6.42 Å². The van der Waals surface area contributed by atoms with Gasteiger partial charge in [-0.3, -0.25) is 0 Å². The number of hydrogen-bond donors (Lipinski definition) is 1. The average molecular weight is 297 g/mol. The summed E-state index contributed by atoms with van der Waals surface area (Å²) in [7, 11) is 0. The van der Waals surface area contributed by atoms with E-state index in [4.69, 9.17) is 10.5 Å². The van der Waals surface area contributed by atoms with Crippen LogP contribution in [0, 0.1) is 0 Å². The molecule has 0 radical (unpaired) electrons. The Morgan fingerprint density at radius 3 is 2.71 bits per heavy atom. The van der Waals surface area contributed by atoms with Gasteiger partial charge in [-0.2, -0.15) is 0 Å². The monoisotopic (exact) mass is 297 g/mol. The molecule has 0 bridgehead atoms. The second-order valence-electron chi connectivity index (χ2n) is 5.02. The number of benzene rings is 2. The van der Waals surface area contributed by atoms with Crippen molar-refractivity contribution in [2.45, 2.75) is 19.4 Å². The first-order valence-electron chi connectivity index (χ1n) is 7.22. The molecule has 0 fully saturated rings. The summed E-state index contributed by atoms with van der Waals surface area (Å²) >= 11 is 1.71. The Kier molecular flexibility index (Phi) is 4.23. The molecule has 0 saturated carbocycles. The van der Waals surface area contributed by atoms with Crippen LogP contribution in [0.1, 0.15) is 23.4 Å².